The molecule has 0 N–H and O–H groups in total. The number of ether oxygens (including phenoxy) is 1. The fraction of sp³-hybridized carbons (Fsp3) is 0.143. The van der Waals surface area contributed by atoms with Crippen LogP contribution in [0.2, 0.25) is 0 Å². The zero-order valence-electron chi connectivity index (χ0n) is 10.9. The van der Waals surface area contributed by atoms with Crippen LogP contribution in [0.4, 0.5) is 0 Å². The highest BCUT2D eigenvalue weighted by molar-refractivity contribution is 5.86. The maximum absolute atomic E-state index is 10.8. The summed E-state index contributed by atoms with van der Waals surface area (Å²) in [4.78, 5) is 29.0. The number of hydrogen-bond acceptors (Lipinski definition) is 5. The molecule has 0 heterocycles. The Morgan fingerprint density at radius 3 is 2.26 bits per heavy atom. The zero-order chi connectivity index (χ0) is 14.5. The molecule has 19 heavy (non-hydrogen) atoms. The molecule has 0 atom stereocenters. The molecule has 102 valence electrons. The predicted molar refractivity (Wildman–Crippen MR) is 70.5 cm³/mol. The first kappa shape index (κ1) is 16.6. The zero-order valence-corrected chi connectivity index (χ0v) is 10.9. The SMILES string of the molecule is C=COC(C)=O.COOC(=O)C=Cc1ccccc1. The molecule has 0 aliphatic rings. The molecule has 0 unspecified atom stereocenters. The molecular weight excluding hydrogens is 248 g/mol. The lowest BCUT2D eigenvalue weighted by molar-refractivity contribution is -0.249. The van der Waals surface area contributed by atoms with Gasteiger partial charge < -0.3 is 4.74 Å². The average Bonchev–Trinajstić information content (AvgIpc) is 2.38. The van der Waals surface area contributed by atoms with E-state index < -0.39 is 5.97 Å². The first-order valence-electron chi connectivity index (χ1n) is 5.36. The smallest absolute Gasteiger partial charge is 0.365 e. The van der Waals surface area contributed by atoms with Crippen LogP contribution in [0, 0.1) is 0 Å². The average molecular weight is 264 g/mol. The molecule has 5 nitrogen and oxygen atoms in total. The van der Waals surface area contributed by atoms with Gasteiger partial charge in [0.2, 0.25) is 0 Å². The quantitative estimate of drug-likeness (QED) is 0.275. The molecule has 0 saturated heterocycles. The van der Waals surface area contributed by atoms with E-state index in [0.29, 0.717) is 0 Å². The van der Waals surface area contributed by atoms with Gasteiger partial charge in [0.15, 0.2) is 0 Å². The molecule has 0 amide bonds. The largest absolute Gasteiger partial charge is 0.435 e. The Balaban J connectivity index is 0.000000459. The van der Waals surface area contributed by atoms with Crippen LogP contribution in [0.15, 0.2) is 49.2 Å². The van der Waals surface area contributed by atoms with Crippen molar-refractivity contribution < 1.29 is 24.1 Å². The van der Waals surface area contributed by atoms with Gasteiger partial charge in [-0.25, -0.2) is 4.79 Å². The lowest BCUT2D eigenvalue weighted by Crippen LogP contribution is -1.97. The molecule has 1 aromatic rings. The number of rotatable bonds is 4. The van der Waals surface area contributed by atoms with Crippen molar-refractivity contribution in [3.63, 3.8) is 0 Å². The molecule has 0 bridgehead atoms. The second kappa shape index (κ2) is 10.7. The van der Waals surface area contributed by atoms with E-state index in [1.807, 2.05) is 30.3 Å². The van der Waals surface area contributed by atoms with Gasteiger partial charge in [-0.3, -0.25) is 9.68 Å². The number of benzene rings is 1. The first-order valence-corrected chi connectivity index (χ1v) is 5.36. The van der Waals surface area contributed by atoms with E-state index in [1.54, 1.807) is 6.08 Å². The molecule has 0 aliphatic heterocycles. The van der Waals surface area contributed by atoms with Crippen LogP contribution in [-0.4, -0.2) is 19.0 Å². The van der Waals surface area contributed by atoms with Crippen LogP contribution in [0.3, 0.4) is 0 Å². The Labute approximate surface area is 112 Å². The molecular formula is C14H16O5. The second-order valence-electron chi connectivity index (χ2n) is 3.09. The highest BCUT2D eigenvalue weighted by Crippen LogP contribution is 2.00. The Kier molecular flexibility index (Phi) is 9.38. The standard InChI is InChI=1S/C10H10O3.C4H6O2/c1-12-13-10(11)8-7-9-5-3-2-4-6-9;1-3-6-4(2)5/h2-8H,1H3;3H,1H2,2H3. The normalized spacial score (nSPS) is 9.16. The minimum atomic E-state index is -0.522. The number of hydrogen-bond donors (Lipinski definition) is 0. The van der Waals surface area contributed by atoms with Crippen molar-refractivity contribution in [2.75, 3.05) is 7.11 Å². The number of carbonyl (C=O) groups is 2. The van der Waals surface area contributed by atoms with E-state index in [1.165, 1.54) is 20.1 Å². The van der Waals surface area contributed by atoms with Gasteiger partial charge in [0.05, 0.1) is 13.4 Å². The third kappa shape index (κ3) is 10.5. The number of esters is 1. The predicted octanol–water partition coefficient (Wildman–Crippen LogP) is 2.50. The van der Waals surface area contributed by atoms with E-state index in [2.05, 4.69) is 21.1 Å². The minimum Gasteiger partial charge on any atom is -0.435 e. The van der Waals surface area contributed by atoms with Crippen LogP contribution >= 0.6 is 0 Å². The molecule has 0 aromatic heterocycles. The summed E-state index contributed by atoms with van der Waals surface area (Å²) in [6.45, 7) is 4.48. The summed E-state index contributed by atoms with van der Waals surface area (Å²) in [5.74, 6) is -0.851. The Morgan fingerprint density at radius 2 is 1.84 bits per heavy atom. The molecule has 0 saturated carbocycles. The monoisotopic (exact) mass is 264 g/mol. The van der Waals surface area contributed by atoms with E-state index in [0.717, 1.165) is 11.8 Å². The van der Waals surface area contributed by atoms with Gasteiger partial charge in [0.1, 0.15) is 0 Å². The van der Waals surface area contributed by atoms with Crippen molar-refractivity contribution in [1.29, 1.82) is 0 Å². The molecule has 0 radical (unpaired) electrons. The summed E-state index contributed by atoms with van der Waals surface area (Å²) in [6, 6.07) is 9.46. The van der Waals surface area contributed by atoms with Crippen molar-refractivity contribution in [1.82, 2.24) is 0 Å². The van der Waals surface area contributed by atoms with Gasteiger partial charge in [-0.1, -0.05) is 36.9 Å². The topological polar surface area (TPSA) is 61.8 Å². The van der Waals surface area contributed by atoms with Crippen LogP contribution in [-0.2, 0) is 24.1 Å². The summed E-state index contributed by atoms with van der Waals surface area (Å²) in [5, 5.41) is 0. The molecule has 0 aliphatic carbocycles. The molecule has 1 aromatic carbocycles. The maximum atomic E-state index is 10.8. The highest BCUT2D eigenvalue weighted by Gasteiger charge is 1.94. The number of carbonyl (C=O) groups excluding carboxylic acids is 2. The van der Waals surface area contributed by atoms with Gasteiger partial charge >= 0.3 is 11.9 Å². The first-order chi connectivity index (χ1) is 9.10. The van der Waals surface area contributed by atoms with E-state index in [-0.39, 0.29) is 5.97 Å². The van der Waals surface area contributed by atoms with Gasteiger partial charge in [-0.2, -0.15) is 4.89 Å². The van der Waals surface area contributed by atoms with E-state index >= 15 is 0 Å². The summed E-state index contributed by atoms with van der Waals surface area (Å²) in [7, 11) is 1.29. The maximum Gasteiger partial charge on any atom is 0.365 e. The van der Waals surface area contributed by atoms with Gasteiger partial charge in [-0.15, -0.1) is 0 Å². The van der Waals surface area contributed by atoms with Crippen molar-refractivity contribution in [3.8, 4) is 0 Å². The fourth-order valence-corrected chi connectivity index (χ4v) is 0.956. The highest BCUT2D eigenvalue weighted by atomic mass is 17.2. The van der Waals surface area contributed by atoms with Gasteiger partial charge in [0.25, 0.3) is 0 Å². The van der Waals surface area contributed by atoms with Crippen molar-refractivity contribution in [3.05, 3.63) is 54.8 Å². The minimum absolute atomic E-state index is 0.329. The lowest BCUT2D eigenvalue weighted by atomic mass is 10.2. The van der Waals surface area contributed by atoms with E-state index in [4.69, 9.17) is 0 Å². The Hall–Kier alpha value is -2.40. The van der Waals surface area contributed by atoms with Crippen molar-refractivity contribution in [2.45, 2.75) is 6.92 Å². The molecule has 1 rings (SSSR count). The van der Waals surface area contributed by atoms with Crippen LogP contribution in [0.5, 0.6) is 0 Å². The molecule has 0 spiro atoms. The summed E-state index contributed by atoms with van der Waals surface area (Å²) in [5.41, 5.74) is 0.940. The van der Waals surface area contributed by atoms with Gasteiger partial charge in [-0.05, 0) is 11.6 Å². The third-order valence-electron chi connectivity index (χ3n) is 1.63. The molecule has 5 heteroatoms. The van der Waals surface area contributed by atoms with Crippen LogP contribution in [0.1, 0.15) is 12.5 Å². The Morgan fingerprint density at radius 1 is 1.21 bits per heavy atom. The summed E-state index contributed by atoms with van der Waals surface area (Å²) >= 11 is 0. The van der Waals surface area contributed by atoms with E-state index in [9.17, 15) is 9.59 Å². The van der Waals surface area contributed by atoms with Crippen LogP contribution in [0.25, 0.3) is 6.08 Å². The van der Waals surface area contributed by atoms with Crippen molar-refractivity contribution >= 4 is 18.0 Å². The second-order valence-corrected chi connectivity index (χ2v) is 3.09. The lowest BCUT2D eigenvalue weighted by Gasteiger charge is -1.93. The third-order valence-corrected chi connectivity index (χ3v) is 1.63. The fourth-order valence-electron chi connectivity index (χ4n) is 0.956. The van der Waals surface area contributed by atoms with Crippen LogP contribution < -0.4 is 0 Å². The molecule has 0 fully saturated rings. The summed E-state index contributed by atoms with van der Waals surface area (Å²) < 4.78 is 4.17. The summed E-state index contributed by atoms with van der Waals surface area (Å²) in [6.07, 6.45) is 4.06. The van der Waals surface area contributed by atoms with Crippen molar-refractivity contribution in [2.24, 2.45) is 0 Å². The van der Waals surface area contributed by atoms with Gasteiger partial charge in [0, 0.05) is 13.0 Å². The Bertz CT molecular complexity index is 423.